The molecule has 28 heavy (non-hydrogen) atoms. The molecule has 0 heterocycles. The third kappa shape index (κ3) is 12.8. The number of guanidine groups is 1. The molecule has 8 heteroatoms. The van der Waals surface area contributed by atoms with Gasteiger partial charge in [0.15, 0.2) is 5.96 Å². The minimum Gasteiger partial charge on any atom is -0.497 e. The average molecular weight is 506 g/mol. The zero-order chi connectivity index (χ0) is 19.9. The normalized spacial score (nSPS) is 11.0. The second-order valence-electron chi connectivity index (χ2n) is 6.54. The Morgan fingerprint density at radius 2 is 1.82 bits per heavy atom. The summed E-state index contributed by atoms with van der Waals surface area (Å²) in [5.41, 5.74) is 1.01. The molecular formula is C20H35IN4O3. The lowest BCUT2D eigenvalue weighted by Gasteiger charge is -2.12. The number of nitrogens with one attached hydrogen (secondary N) is 3. The van der Waals surface area contributed by atoms with Crippen molar-refractivity contribution >= 4 is 35.8 Å². The van der Waals surface area contributed by atoms with E-state index >= 15 is 0 Å². The molecule has 0 aromatic heterocycles. The number of nitrogens with zero attached hydrogens (tertiary/aromatic N) is 1. The van der Waals surface area contributed by atoms with E-state index in [9.17, 15) is 4.79 Å². The smallest absolute Gasteiger partial charge is 0.242 e. The summed E-state index contributed by atoms with van der Waals surface area (Å²) in [6.45, 7) is 9.63. The first kappa shape index (κ1) is 26.4. The van der Waals surface area contributed by atoms with Crippen LogP contribution in [0.4, 0.5) is 0 Å². The van der Waals surface area contributed by atoms with Crippen LogP contribution in [0.2, 0.25) is 0 Å². The summed E-state index contributed by atoms with van der Waals surface area (Å²) in [5.74, 6) is 1.93. The summed E-state index contributed by atoms with van der Waals surface area (Å²) in [5, 5.41) is 9.15. The predicted octanol–water partition coefficient (Wildman–Crippen LogP) is 2.55. The van der Waals surface area contributed by atoms with Gasteiger partial charge in [0.25, 0.3) is 0 Å². The van der Waals surface area contributed by atoms with Crippen molar-refractivity contribution in [1.82, 2.24) is 16.0 Å². The van der Waals surface area contributed by atoms with Gasteiger partial charge in [0.05, 0.1) is 13.7 Å². The largest absolute Gasteiger partial charge is 0.497 e. The van der Waals surface area contributed by atoms with Crippen molar-refractivity contribution in [3.05, 3.63) is 29.8 Å². The van der Waals surface area contributed by atoms with E-state index in [1.54, 1.807) is 7.11 Å². The number of aliphatic imine (C=N–C) groups is 1. The summed E-state index contributed by atoms with van der Waals surface area (Å²) in [7, 11) is 1.63. The van der Waals surface area contributed by atoms with Crippen LogP contribution in [-0.4, -0.2) is 51.8 Å². The first-order valence-electron chi connectivity index (χ1n) is 9.54. The summed E-state index contributed by atoms with van der Waals surface area (Å²) in [6, 6.07) is 7.59. The Morgan fingerprint density at radius 3 is 2.43 bits per heavy atom. The lowest BCUT2D eigenvalue weighted by molar-refractivity contribution is -0.119. The van der Waals surface area contributed by atoms with Crippen molar-refractivity contribution in [3.63, 3.8) is 0 Å². The molecule has 0 aliphatic carbocycles. The van der Waals surface area contributed by atoms with Crippen molar-refractivity contribution in [2.75, 3.05) is 40.0 Å². The van der Waals surface area contributed by atoms with Gasteiger partial charge in [-0.1, -0.05) is 26.0 Å². The van der Waals surface area contributed by atoms with Crippen LogP contribution in [0.1, 0.15) is 32.8 Å². The van der Waals surface area contributed by atoms with E-state index in [1.807, 2.05) is 31.2 Å². The molecule has 0 spiro atoms. The van der Waals surface area contributed by atoms with E-state index < -0.39 is 0 Å². The molecule has 3 N–H and O–H groups in total. The van der Waals surface area contributed by atoms with Crippen LogP contribution >= 0.6 is 24.0 Å². The number of rotatable bonds is 12. The first-order chi connectivity index (χ1) is 13.0. The van der Waals surface area contributed by atoms with Crippen molar-refractivity contribution in [2.24, 2.45) is 10.9 Å². The van der Waals surface area contributed by atoms with E-state index in [0.29, 0.717) is 31.6 Å². The number of carbonyl (C=O) groups is 1. The summed E-state index contributed by atoms with van der Waals surface area (Å²) >= 11 is 0. The Bertz CT molecular complexity index is 565. The molecule has 160 valence electrons. The minimum atomic E-state index is -0.129. The Hall–Kier alpha value is -1.55. The highest BCUT2D eigenvalue weighted by Gasteiger charge is 2.03. The maximum Gasteiger partial charge on any atom is 0.242 e. The summed E-state index contributed by atoms with van der Waals surface area (Å²) in [4.78, 5) is 16.3. The summed E-state index contributed by atoms with van der Waals surface area (Å²) in [6.07, 6.45) is 1.06. The maximum absolute atomic E-state index is 12.0. The van der Waals surface area contributed by atoms with Crippen molar-refractivity contribution < 1.29 is 14.3 Å². The van der Waals surface area contributed by atoms with E-state index in [4.69, 9.17) is 9.47 Å². The van der Waals surface area contributed by atoms with Crippen molar-refractivity contribution in [1.29, 1.82) is 0 Å². The Labute approximate surface area is 186 Å². The van der Waals surface area contributed by atoms with Crippen LogP contribution in [0.5, 0.6) is 5.75 Å². The monoisotopic (exact) mass is 506 g/mol. The second kappa shape index (κ2) is 16.4. The molecule has 0 aliphatic heterocycles. The molecule has 1 rings (SSSR count). The average Bonchev–Trinajstić information content (AvgIpc) is 2.67. The number of ether oxygens (including phenoxy) is 2. The zero-order valence-electron chi connectivity index (χ0n) is 17.4. The van der Waals surface area contributed by atoms with Gasteiger partial charge in [-0.25, -0.2) is 4.99 Å². The molecule has 0 radical (unpaired) electrons. The number of halogens is 1. The van der Waals surface area contributed by atoms with Crippen LogP contribution < -0.4 is 20.7 Å². The van der Waals surface area contributed by atoms with Gasteiger partial charge in [-0.2, -0.15) is 0 Å². The fourth-order valence-corrected chi connectivity index (χ4v) is 2.16. The lowest BCUT2D eigenvalue weighted by Crippen LogP contribution is -2.40. The lowest BCUT2D eigenvalue weighted by atomic mass is 10.1. The highest BCUT2D eigenvalue weighted by atomic mass is 127. The molecule has 1 aromatic carbocycles. The minimum absolute atomic E-state index is 0. The Balaban J connectivity index is 0.00000729. The molecule has 0 fully saturated rings. The predicted molar refractivity (Wildman–Crippen MR) is 125 cm³/mol. The second-order valence-corrected chi connectivity index (χ2v) is 6.54. The highest BCUT2D eigenvalue weighted by molar-refractivity contribution is 14.0. The fourth-order valence-electron chi connectivity index (χ4n) is 2.16. The number of methoxy groups -OCH3 is 1. The Kier molecular flexibility index (Phi) is 15.5. The van der Waals surface area contributed by atoms with Gasteiger partial charge in [-0.3, -0.25) is 4.79 Å². The topological polar surface area (TPSA) is 84.0 Å². The van der Waals surface area contributed by atoms with E-state index in [1.165, 1.54) is 0 Å². The quantitative estimate of drug-likeness (QED) is 0.176. The number of carbonyl (C=O) groups excluding carboxylic acids is 1. The molecule has 0 unspecified atom stereocenters. The van der Waals surface area contributed by atoms with Gasteiger partial charge >= 0.3 is 0 Å². The van der Waals surface area contributed by atoms with Gasteiger partial charge < -0.3 is 25.4 Å². The number of amides is 1. The van der Waals surface area contributed by atoms with Crippen LogP contribution in [0.25, 0.3) is 0 Å². The SMILES string of the molecule is CCNC(=NCC(=O)NCc1ccc(OC)cc1)NCCOCCC(C)C.I. The van der Waals surface area contributed by atoms with E-state index in [0.717, 1.165) is 30.9 Å². The zero-order valence-corrected chi connectivity index (χ0v) is 19.7. The van der Waals surface area contributed by atoms with Gasteiger partial charge in [0.2, 0.25) is 5.91 Å². The fraction of sp³-hybridized carbons (Fsp3) is 0.600. The molecule has 1 aromatic rings. The van der Waals surface area contributed by atoms with Gasteiger partial charge in [-0.05, 0) is 37.0 Å². The third-order valence-electron chi connectivity index (χ3n) is 3.75. The van der Waals surface area contributed by atoms with E-state index in [-0.39, 0.29) is 36.4 Å². The molecule has 0 bridgehead atoms. The molecule has 0 saturated carbocycles. The molecule has 0 aliphatic rings. The van der Waals surface area contributed by atoms with Gasteiger partial charge in [0, 0.05) is 26.2 Å². The van der Waals surface area contributed by atoms with Crippen LogP contribution in [0.15, 0.2) is 29.3 Å². The standard InChI is InChI=1S/C20H34N4O3.HI/c1-5-21-20(22-11-13-27-12-10-16(2)3)24-15-19(25)23-14-17-6-8-18(26-4)9-7-17;/h6-9,16H,5,10-15H2,1-4H3,(H,23,25)(H2,21,22,24);1H. The van der Waals surface area contributed by atoms with Crippen molar-refractivity contribution in [3.8, 4) is 5.75 Å². The van der Waals surface area contributed by atoms with E-state index in [2.05, 4.69) is 34.8 Å². The van der Waals surface area contributed by atoms with Crippen LogP contribution in [-0.2, 0) is 16.1 Å². The molecule has 7 nitrogen and oxygen atoms in total. The molecule has 0 saturated heterocycles. The summed E-state index contributed by atoms with van der Waals surface area (Å²) < 4.78 is 10.7. The number of hydrogen-bond donors (Lipinski definition) is 3. The molecular weight excluding hydrogens is 471 g/mol. The third-order valence-corrected chi connectivity index (χ3v) is 3.75. The number of hydrogen-bond acceptors (Lipinski definition) is 4. The van der Waals surface area contributed by atoms with Crippen LogP contribution in [0.3, 0.4) is 0 Å². The first-order valence-corrected chi connectivity index (χ1v) is 9.54. The molecule has 1 amide bonds. The van der Waals surface area contributed by atoms with Crippen molar-refractivity contribution in [2.45, 2.75) is 33.7 Å². The van der Waals surface area contributed by atoms with Crippen LogP contribution in [0, 0.1) is 5.92 Å². The Morgan fingerprint density at radius 1 is 1.11 bits per heavy atom. The van der Waals surface area contributed by atoms with Gasteiger partial charge in [0.1, 0.15) is 12.3 Å². The molecule has 0 atom stereocenters. The van der Waals surface area contributed by atoms with Gasteiger partial charge in [-0.15, -0.1) is 24.0 Å². The highest BCUT2D eigenvalue weighted by Crippen LogP contribution is 2.10. The number of benzene rings is 1. The maximum atomic E-state index is 12.0.